The molecule has 1 amide bonds. The average molecular weight is 503 g/mol. The van der Waals surface area contributed by atoms with Gasteiger partial charge in [0, 0.05) is 27.6 Å². The van der Waals surface area contributed by atoms with E-state index in [1.54, 1.807) is 23.5 Å². The van der Waals surface area contributed by atoms with Crippen LogP contribution in [-0.4, -0.2) is 32.1 Å². The van der Waals surface area contributed by atoms with E-state index in [-0.39, 0.29) is 17.8 Å². The van der Waals surface area contributed by atoms with Crippen molar-refractivity contribution in [1.82, 2.24) is 0 Å². The van der Waals surface area contributed by atoms with Crippen LogP contribution in [0.1, 0.15) is 39.3 Å². The summed E-state index contributed by atoms with van der Waals surface area (Å²) in [5.41, 5.74) is 2.61. The highest BCUT2D eigenvalue weighted by molar-refractivity contribution is 7.16. The van der Waals surface area contributed by atoms with Crippen molar-refractivity contribution >= 4 is 28.1 Å². The Labute approximate surface area is 215 Å². The summed E-state index contributed by atoms with van der Waals surface area (Å²) in [7, 11) is 0. The summed E-state index contributed by atoms with van der Waals surface area (Å²) in [5.74, 6) is 0.743. The van der Waals surface area contributed by atoms with E-state index in [0.29, 0.717) is 5.56 Å². The predicted molar refractivity (Wildman–Crippen MR) is 142 cm³/mol. The fourth-order valence-corrected chi connectivity index (χ4v) is 5.97. The maximum absolute atomic E-state index is 14.4. The third-order valence-electron chi connectivity index (χ3n) is 6.76. The molecule has 1 saturated heterocycles. The molecular weight excluding hydrogens is 471 g/mol. The number of nitrogens with one attached hydrogen (secondary N) is 3. The Kier molecular flexibility index (Phi) is 7.39. The highest BCUT2D eigenvalue weighted by atomic mass is 32.1. The minimum absolute atomic E-state index is 0.0785. The van der Waals surface area contributed by atoms with Gasteiger partial charge in [0.05, 0.1) is 6.20 Å². The molecule has 2 aromatic heterocycles. The lowest BCUT2D eigenvalue weighted by molar-refractivity contribution is -0.926. The third kappa shape index (κ3) is 5.32. The van der Waals surface area contributed by atoms with Gasteiger partial charge >= 0.3 is 0 Å². The Morgan fingerprint density at radius 1 is 1.06 bits per heavy atom. The molecule has 0 spiro atoms. The number of halogens is 1. The number of H-pyrrole nitrogens is 1. The van der Waals surface area contributed by atoms with Crippen LogP contribution >= 0.6 is 11.3 Å². The van der Waals surface area contributed by atoms with Gasteiger partial charge in [-0.25, -0.2) is 9.37 Å². The van der Waals surface area contributed by atoms with E-state index in [2.05, 4.69) is 34.3 Å². The lowest BCUT2D eigenvalue weighted by Crippen LogP contribution is -3.15. The second kappa shape index (κ2) is 11.0. The standard InChI is InChI=1S/C29H29FN4OS/c1-2-24-20-25(29(36-24)32-28(35)21-9-4-3-5-10-21)27(22-11-8-12-23(30)19-22)34-17-15-33(16-18-34)26-13-6-7-14-31-26/h3-14,19-20,27H,2,15-18H2,1H3,(H,32,35)/p+2/t27-/m1/s1. The molecule has 4 aromatic rings. The highest BCUT2D eigenvalue weighted by Gasteiger charge is 2.35. The highest BCUT2D eigenvalue weighted by Crippen LogP contribution is 2.35. The van der Waals surface area contributed by atoms with Crippen LogP contribution in [0, 0.1) is 5.82 Å². The average Bonchev–Trinajstić information content (AvgIpc) is 3.32. The van der Waals surface area contributed by atoms with Gasteiger partial charge in [-0.05, 0) is 42.8 Å². The summed E-state index contributed by atoms with van der Waals surface area (Å²) in [6.45, 7) is 5.69. The molecule has 3 N–H and O–H groups in total. The largest absolute Gasteiger partial charge is 0.318 e. The summed E-state index contributed by atoms with van der Waals surface area (Å²) in [4.78, 5) is 21.3. The first-order valence-electron chi connectivity index (χ1n) is 12.4. The summed E-state index contributed by atoms with van der Waals surface area (Å²) < 4.78 is 14.4. The molecule has 1 atom stereocenters. The maximum atomic E-state index is 14.4. The smallest absolute Gasteiger partial charge is 0.274 e. The van der Waals surface area contributed by atoms with Gasteiger partial charge < -0.3 is 10.2 Å². The normalized spacial score (nSPS) is 15.0. The van der Waals surface area contributed by atoms with E-state index in [1.165, 1.54) is 15.8 Å². The molecular formula is C29H31FN4OS+2. The van der Waals surface area contributed by atoms with E-state index in [1.807, 2.05) is 54.7 Å². The van der Waals surface area contributed by atoms with Gasteiger partial charge in [0.15, 0.2) is 0 Å². The van der Waals surface area contributed by atoms with E-state index in [0.717, 1.165) is 54.5 Å². The molecule has 3 heterocycles. The van der Waals surface area contributed by atoms with Crippen molar-refractivity contribution in [2.75, 3.05) is 36.4 Å². The number of hydrogen-bond acceptors (Lipinski definition) is 3. The maximum Gasteiger partial charge on any atom is 0.274 e. The van der Waals surface area contributed by atoms with Crippen LogP contribution < -0.4 is 20.1 Å². The number of anilines is 2. The van der Waals surface area contributed by atoms with Gasteiger partial charge in [-0.3, -0.25) is 9.69 Å². The Hall–Kier alpha value is -3.55. The van der Waals surface area contributed by atoms with Crippen molar-refractivity contribution in [3.63, 3.8) is 0 Å². The Bertz CT molecular complexity index is 1300. The van der Waals surface area contributed by atoms with Gasteiger partial charge in [0.1, 0.15) is 43.0 Å². The number of thiophene rings is 1. The van der Waals surface area contributed by atoms with Crippen molar-refractivity contribution in [3.8, 4) is 0 Å². The topological polar surface area (TPSA) is 50.9 Å². The van der Waals surface area contributed by atoms with Crippen LogP contribution in [0.4, 0.5) is 15.2 Å². The Morgan fingerprint density at radius 2 is 1.83 bits per heavy atom. The fourth-order valence-electron chi connectivity index (χ4n) is 4.94. The lowest BCUT2D eigenvalue weighted by Gasteiger charge is -2.34. The van der Waals surface area contributed by atoms with E-state index < -0.39 is 0 Å². The zero-order chi connectivity index (χ0) is 24.9. The number of piperazine rings is 1. The van der Waals surface area contributed by atoms with E-state index >= 15 is 0 Å². The molecule has 5 nitrogen and oxygen atoms in total. The molecule has 184 valence electrons. The van der Waals surface area contributed by atoms with Crippen molar-refractivity contribution in [3.05, 3.63) is 112 Å². The second-order valence-electron chi connectivity index (χ2n) is 9.05. The first kappa shape index (κ1) is 24.2. The minimum Gasteiger partial charge on any atom is -0.318 e. The number of aryl methyl sites for hydroxylation is 1. The van der Waals surface area contributed by atoms with E-state index in [4.69, 9.17) is 0 Å². The first-order valence-corrected chi connectivity index (χ1v) is 13.2. The summed E-state index contributed by atoms with van der Waals surface area (Å²) in [5, 5.41) is 4.03. The number of carbonyl (C=O) groups excluding carboxylic acids is 1. The molecule has 1 aliphatic rings. The SMILES string of the molecule is CCc1cc([C@@H](c2cccc(F)c2)[NH+]2CCN(c3cccc[nH+]3)CC2)c(NC(=O)c2ccccc2)s1. The van der Waals surface area contributed by atoms with Crippen molar-refractivity contribution in [2.45, 2.75) is 19.4 Å². The number of pyridine rings is 1. The Morgan fingerprint density at radius 3 is 2.53 bits per heavy atom. The molecule has 2 aromatic carbocycles. The van der Waals surface area contributed by atoms with Gasteiger partial charge in [0.25, 0.3) is 11.7 Å². The second-order valence-corrected chi connectivity index (χ2v) is 10.2. The number of aromatic amines is 1. The molecule has 0 saturated carbocycles. The zero-order valence-corrected chi connectivity index (χ0v) is 21.2. The molecule has 36 heavy (non-hydrogen) atoms. The van der Waals surface area contributed by atoms with E-state index in [9.17, 15) is 9.18 Å². The van der Waals surface area contributed by atoms with Crippen molar-refractivity contribution in [2.24, 2.45) is 0 Å². The first-order chi connectivity index (χ1) is 17.6. The number of amides is 1. The van der Waals surface area contributed by atoms with Crippen LogP contribution in [0.2, 0.25) is 0 Å². The van der Waals surface area contributed by atoms with Crippen molar-refractivity contribution < 1.29 is 19.1 Å². The zero-order valence-electron chi connectivity index (χ0n) is 20.3. The van der Waals surface area contributed by atoms with Gasteiger partial charge in [-0.15, -0.1) is 11.3 Å². The molecule has 7 heteroatoms. The molecule has 0 unspecified atom stereocenters. The molecule has 5 rings (SSSR count). The van der Waals surface area contributed by atoms with Gasteiger partial charge in [-0.1, -0.05) is 43.3 Å². The van der Waals surface area contributed by atoms with Gasteiger partial charge in [0.2, 0.25) is 0 Å². The number of carbonyl (C=O) groups is 1. The van der Waals surface area contributed by atoms with Crippen LogP contribution in [0.5, 0.6) is 0 Å². The lowest BCUT2D eigenvalue weighted by atomic mass is 9.97. The van der Waals surface area contributed by atoms with Crippen LogP contribution in [0.3, 0.4) is 0 Å². The predicted octanol–water partition coefficient (Wildman–Crippen LogP) is 4.01. The molecule has 1 fully saturated rings. The van der Waals surface area contributed by atoms with Crippen LogP contribution in [0.25, 0.3) is 0 Å². The molecule has 1 aliphatic heterocycles. The quantitative estimate of drug-likeness (QED) is 0.401. The summed E-state index contributed by atoms with van der Waals surface area (Å²) in [6, 6.07) is 24.4. The van der Waals surface area contributed by atoms with Crippen LogP contribution in [-0.2, 0) is 6.42 Å². The number of rotatable bonds is 7. The monoisotopic (exact) mass is 502 g/mol. The molecule has 0 radical (unpaired) electrons. The van der Waals surface area contributed by atoms with Crippen molar-refractivity contribution in [1.29, 1.82) is 0 Å². The van der Waals surface area contributed by atoms with Gasteiger partial charge in [-0.2, -0.15) is 0 Å². The van der Waals surface area contributed by atoms with Crippen LogP contribution in [0.15, 0.2) is 85.1 Å². The molecule has 0 aliphatic carbocycles. The summed E-state index contributed by atoms with van der Waals surface area (Å²) in [6.07, 6.45) is 2.82. The Balaban J connectivity index is 1.47. The number of benzene rings is 2. The number of nitrogens with zero attached hydrogens (tertiary/aromatic N) is 1. The fraction of sp³-hybridized carbons (Fsp3) is 0.241. The summed E-state index contributed by atoms with van der Waals surface area (Å²) >= 11 is 1.62. The number of hydrogen-bond donors (Lipinski definition) is 2. The number of aromatic nitrogens is 1. The number of quaternary nitrogens is 1. The molecule has 0 bridgehead atoms. The minimum atomic E-state index is -0.241. The third-order valence-corrected chi connectivity index (χ3v) is 7.97.